The van der Waals surface area contributed by atoms with Gasteiger partial charge in [0.25, 0.3) is 0 Å². The lowest BCUT2D eigenvalue weighted by Gasteiger charge is -2.23. The summed E-state index contributed by atoms with van der Waals surface area (Å²) < 4.78 is 5.84. The monoisotopic (exact) mass is 267 g/mol. The molecule has 0 radical (unpaired) electrons. The topological polar surface area (TPSA) is 12.5 Å². The van der Waals surface area contributed by atoms with Crippen molar-refractivity contribution in [1.29, 1.82) is 0 Å². The van der Waals surface area contributed by atoms with Crippen LogP contribution in [0.15, 0.2) is 54.6 Å². The Kier molecular flexibility index (Phi) is 4.03. The first-order chi connectivity index (χ1) is 9.86. The van der Waals surface area contributed by atoms with Gasteiger partial charge in [-0.2, -0.15) is 0 Å². The fraction of sp³-hybridized carbons (Fsp3) is 0.333. The van der Waals surface area contributed by atoms with Gasteiger partial charge < -0.3 is 4.74 Å². The molecule has 0 saturated carbocycles. The normalized spacial score (nSPS) is 19.1. The molecule has 0 aromatic heterocycles. The first-order valence-corrected chi connectivity index (χ1v) is 7.43. The standard InChI is InChI=1S/C18H21NO/c1-2-19-14-6-9-18(19)15-10-12-17(13-11-15)20-16-7-4-3-5-8-16/h3-5,7-8,10-13,18H,2,6,9,14H2,1H3. The van der Waals surface area contributed by atoms with Gasteiger partial charge in [0.2, 0.25) is 0 Å². The summed E-state index contributed by atoms with van der Waals surface area (Å²) in [6.45, 7) is 4.60. The van der Waals surface area contributed by atoms with Crippen molar-refractivity contribution in [2.24, 2.45) is 0 Å². The zero-order valence-electron chi connectivity index (χ0n) is 12.0. The maximum absolute atomic E-state index is 5.84. The zero-order valence-corrected chi connectivity index (χ0v) is 12.0. The van der Waals surface area contributed by atoms with E-state index in [0.29, 0.717) is 6.04 Å². The summed E-state index contributed by atoms with van der Waals surface area (Å²) >= 11 is 0. The van der Waals surface area contributed by atoms with Crippen LogP contribution in [-0.4, -0.2) is 18.0 Å². The predicted octanol–water partition coefficient (Wildman–Crippen LogP) is 4.64. The van der Waals surface area contributed by atoms with Crippen LogP contribution in [0.1, 0.15) is 31.4 Å². The molecule has 0 bridgehead atoms. The Hall–Kier alpha value is -1.80. The van der Waals surface area contributed by atoms with E-state index in [9.17, 15) is 0 Å². The van der Waals surface area contributed by atoms with E-state index < -0.39 is 0 Å². The van der Waals surface area contributed by atoms with Crippen LogP contribution in [-0.2, 0) is 0 Å². The molecular weight excluding hydrogens is 246 g/mol. The summed E-state index contributed by atoms with van der Waals surface area (Å²) in [5.41, 5.74) is 1.41. The van der Waals surface area contributed by atoms with E-state index in [1.165, 1.54) is 24.9 Å². The summed E-state index contributed by atoms with van der Waals surface area (Å²) in [5, 5.41) is 0. The molecule has 0 N–H and O–H groups in total. The average Bonchev–Trinajstić information content (AvgIpc) is 2.98. The Morgan fingerprint density at radius 3 is 2.40 bits per heavy atom. The Morgan fingerprint density at radius 1 is 1.00 bits per heavy atom. The number of likely N-dealkylation sites (tertiary alicyclic amines) is 1. The molecule has 1 saturated heterocycles. The van der Waals surface area contributed by atoms with E-state index in [0.717, 1.165) is 18.0 Å². The van der Waals surface area contributed by atoms with Gasteiger partial charge in [-0.15, -0.1) is 0 Å². The smallest absolute Gasteiger partial charge is 0.127 e. The first-order valence-electron chi connectivity index (χ1n) is 7.43. The van der Waals surface area contributed by atoms with Crippen molar-refractivity contribution in [2.45, 2.75) is 25.8 Å². The average molecular weight is 267 g/mol. The highest BCUT2D eigenvalue weighted by molar-refractivity contribution is 5.34. The van der Waals surface area contributed by atoms with Crippen LogP contribution in [0.4, 0.5) is 0 Å². The number of ether oxygens (including phenoxy) is 1. The quantitative estimate of drug-likeness (QED) is 0.800. The van der Waals surface area contributed by atoms with Crippen LogP contribution in [0.3, 0.4) is 0 Å². The zero-order chi connectivity index (χ0) is 13.8. The lowest BCUT2D eigenvalue weighted by molar-refractivity contribution is 0.271. The molecule has 1 fully saturated rings. The van der Waals surface area contributed by atoms with Crippen LogP contribution in [0, 0.1) is 0 Å². The number of para-hydroxylation sites is 1. The van der Waals surface area contributed by atoms with Crippen LogP contribution in [0.5, 0.6) is 11.5 Å². The Labute approximate surface area is 121 Å². The molecule has 0 spiro atoms. The second-order valence-corrected chi connectivity index (χ2v) is 5.27. The maximum Gasteiger partial charge on any atom is 0.127 e. The summed E-state index contributed by atoms with van der Waals surface area (Å²) in [6.07, 6.45) is 2.58. The number of nitrogens with zero attached hydrogens (tertiary/aromatic N) is 1. The molecular formula is C18H21NO. The summed E-state index contributed by atoms with van der Waals surface area (Å²) in [4.78, 5) is 2.55. The van der Waals surface area contributed by atoms with E-state index in [2.05, 4.69) is 36.1 Å². The molecule has 2 nitrogen and oxygen atoms in total. The van der Waals surface area contributed by atoms with Gasteiger partial charge in [0.15, 0.2) is 0 Å². The molecule has 1 aliphatic heterocycles. The van der Waals surface area contributed by atoms with E-state index in [1.807, 2.05) is 30.3 Å². The first kappa shape index (κ1) is 13.2. The highest BCUT2D eigenvalue weighted by Crippen LogP contribution is 2.32. The largest absolute Gasteiger partial charge is 0.457 e. The van der Waals surface area contributed by atoms with Crippen molar-refractivity contribution in [2.75, 3.05) is 13.1 Å². The predicted molar refractivity (Wildman–Crippen MR) is 82.2 cm³/mol. The molecule has 0 aliphatic carbocycles. The van der Waals surface area contributed by atoms with Gasteiger partial charge in [0.05, 0.1) is 0 Å². The lowest BCUT2D eigenvalue weighted by Crippen LogP contribution is -2.22. The molecule has 2 aromatic carbocycles. The van der Waals surface area contributed by atoms with Crippen molar-refractivity contribution in [1.82, 2.24) is 4.90 Å². The highest BCUT2D eigenvalue weighted by atomic mass is 16.5. The number of rotatable bonds is 4. The molecule has 104 valence electrons. The highest BCUT2D eigenvalue weighted by Gasteiger charge is 2.24. The van der Waals surface area contributed by atoms with Crippen molar-refractivity contribution < 1.29 is 4.74 Å². The molecule has 20 heavy (non-hydrogen) atoms. The van der Waals surface area contributed by atoms with E-state index in [-0.39, 0.29) is 0 Å². The van der Waals surface area contributed by atoms with Gasteiger partial charge in [-0.25, -0.2) is 0 Å². The maximum atomic E-state index is 5.84. The van der Waals surface area contributed by atoms with Crippen molar-refractivity contribution in [3.05, 3.63) is 60.2 Å². The van der Waals surface area contributed by atoms with Gasteiger partial charge in [0, 0.05) is 6.04 Å². The third-order valence-electron chi connectivity index (χ3n) is 4.01. The fourth-order valence-corrected chi connectivity index (χ4v) is 2.96. The summed E-state index contributed by atoms with van der Waals surface area (Å²) in [6, 6.07) is 19.1. The van der Waals surface area contributed by atoms with Crippen LogP contribution in [0.2, 0.25) is 0 Å². The van der Waals surface area contributed by atoms with E-state index in [4.69, 9.17) is 4.74 Å². The molecule has 1 unspecified atom stereocenters. The van der Waals surface area contributed by atoms with Gasteiger partial charge >= 0.3 is 0 Å². The van der Waals surface area contributed by atoms with Gasteiger partial charge in [0.1, 0.15) is 11.5 Å². The molecule has 1 atom stereocenters. The van der Waals surface area contributed by atoms with Crippen LogP contribution >= 0.6 is 0 Å². The Morgan fingerprint density at radius 2 is 1.70 bits per heavy atom. The fourth-order valence-electron chi connectivity index (χ4n) is 2.96. The van der Waals surface area contributed by atoms with Gasteiger partial charge in [-0.1, -0.05) is 37.3 Å². The number of hydrogen-bond donors (Lipinski definition) is 0. The third kappa shape index (κ3) is 2.86. The molecule has 2 heteroatoms. The minimum Gasteiger partial charge on any atom is -0.457 e. The SMILES string of the molecule is CCN1CCCC1c1ccc(Oc2ccccc2)cc1. The van der Waals surface area contributed by atoms with Crippen molar-refractivity contribution in [3.8, 4) is 11.5 Å². The Balaban J connectivity index is 1.71. The molecule has 1 aliphatic rings. The number of benzene rings is 2. The third-order valence-corrected chi connectivity index (χ3v) is 4.01. The van der Waals surface area contributed by atoms with Crippen LogP contribution < -0.4 is 4.74 Å². The summed E-state index contributed by atoms with van der Waals surface area (Å²) in [5.74, 6) is 1.79. The van der Waals surface area contributed by atoms with Crippen molar-refractivity contribution in [3.63, 3.8) is 0 Å². The van der Waals surface area contributed by atoms with Gasteiger partial charge in [-0.3, -0.25) is 4.90 Å². The minimum absolute atomic E-state index is 0.589. The van der Waals surface area contributed by atoms with Crippen LogP contribution in [0.25, 0.3) is 0 Å². The minimum atomic E-state index is 0.589. The summed E-state index contributed by atoms with van der Waals surface area (Å²) in [7, 11) is 0. The lowest BCUT2D eigenvalue weighted by atomic mass is 10.0. The second kappa shape index (κ2) is 6.10. The number of hydrogen-bond acceptors (Lipinski definition) is 2. The van der Waals surface area contributed by atoms with Crippen molar-refractivity contribution >= 4 is 0 Å². The molecule has 0 amide bonds. The van der Waals surface area contributed by atoms with Gasteiger partial charge in [-0.05, 0) is 55.8 Å². The Bertz CT molecular complexity index is 535. The second-order valence-electron chi connectivity index (χ2n) is 5.27. The molecule has 2 aromatic rings. The van der Waals surface area contributed by atoms with E-state index in [1.54, 1.807) is 0 Å². The molecule has 3 rings (SSSR count). The van der Waals surface area contributed by atoms with E-state index >= 15 is 0 Å². The molecule has 1 heterocycles.